The van der Waals surface area contributed by atoms with E-state index in [1.165, 1.54) is 0 Å². The molecule has 1 aliphatic rings. The van der Waals surface area contributed by atoms with E-state index in [0.29, 0.717) is 6.42 Å². The van der Waals surface area contributed by atoms with Gasteiger partial charge in [-0.05, 0) is 19.8 Å². The fourth-order valence-electron chi connectivity index (χ4n) is 1.67. The van der Waals surface area contributed by atoms with Gasteiger partial charge in [0, 0.05) is 26.1 Å². The molecule has 1 rings (SSSR count). The zero-order chi connectivity index (χ0) is 9.68. The lowest BCUT2D eigenvalue weighted by molar-refractivity contribution is -0.132. The summed E-state index contributed by atoms with van der Waals surface area (Å²) in [5, 5.41) is 0. The summed E-state index contributed by atoms with van der Waals surface area (Å²) in [6.07, 6.45) is 3.13. The van der Waals surface area contributed by atoms with Crippen LogP contribution < -0.4 is 0 Å². The van der Waals surface area contributed by atoms with Gasteiger partial charge in [-0.2, -0.15) is 0 Å². The van der Waals surface area contributed by atoms with Crippen LogP contribution in [0.4, 0.5) is 0 Å². The van der Waals surface area contributed by atoms with Gasteiger partial charge in [0.1, 0.15) is 0 Å². The molecule has 0 bridgehead atoms. The Morgan fingerprint density at radius 3 is 2.77 bits per heavy atom. The fourth-order valence-corrected chi connectivity index (χ4v) is 1.67. The van der Waals surface area contributed by atoms with Gasteiger partial charge >= 0.3 is 0 Å². The number of carbonyl (C=O) groups excluding carboxylic acids is 1. The Labute approximate surface area is 80.1 Å². The summed E-state index contributed by atoms with van der Waals surface area (Å²) in [4.78, 5) is 13.3. The molecule has 1 atom stereocenters. The van der Waals surface area contributed by atoms with Crippen molar-refractivity contribution in [1.82, 2.24) is 4.90 Å². The van der Waals surface area contributed by atoms with Crippen LogP contribution in [0, 0.1) is 0 Å². The summed E-state index contributed by atoms with van der Waals surface area (Å²) in [6.45, 7) is 6.36. The Hall–Kier alpha value is -0.570. The molecule has 1 aliphatic heterocycles. The van der Waals surface area contributed by atoms with Crippen molar-refractivity contribution in [2.75, 3.05) is 19.7 Å². The molecule has 0 spiro atoms. The van der Waals surface area contributed by atoms with Gasteiger partial charge in [-0.15, -0.1) is 0 Å². The maximum absolute atomic E-state index is 11.4. The zero-order valence-corrected chi connectivity index (χ0v) is 8.58. The van der Waals surface area contributed by atoms with Crippen molar-refractivity contribution >= 4 is 5.91 Å². The number of amides is 1. The van der Waals surface area contributed by atoms with Gasteiger partial charge in [0.15, 0.2) is 0 Å². The first-order valence-electron chi connectivity index (χ1n) is 5.17. The van der Waals surface area contributed by atoms with Crippen LogP contribution in [-0.4, -0.2) is 36.6 Å². The Morgan fingerprint density at radius 1 is 1.54 bits per heavy atom. The maximum Gasteiger partial charge on any atom is 0.222 e. The van der Waals surface area contributed by atoms with Gasteiger partial charge in [0.25, 0.3) is 0 Å². The van der Waals surface area contributed by atoms with Crippen LogP contribution >= 0.6 is 0 Å². The number of likely N-dealkylation sites (N-methyl/N-ethyl adjacent to an activating group) is 1. The lowest BCUT2D eigenvalue weighted by Gasteiger charge is -2.23. The van der Waals surface area contributed by atoms with Gasteiger partial charge in [-0.3, -0.25) is 4.79 Å². The predicted molar refractivity (Wildman–Crippen MR) is 51.5 cm³/mol. The molecule has 1 amide bonds. The number of carbonyl (C=O) groups is 1. The molecule has 0 N–H and O–H groups in total. The number of rotatable bonds is 4. The smallest absolute Gasteiger partial charge is 0.222 e. The minimum atomic E-state index is 0.234. The summed E-state index contributed by atoms with van der Waals surface area (Å²) in [5.74, 6) is 0.234. The Kier molecular flexibility index (Phi) is 4.22. The van der Waals surface area contributed by atoms with E-state index in [2.05, 4.69) is 0 Å². The standard InChI is InChI=1S/C10H19NO2/c1-3-10(12)11(4-2)8-9-6-5-7-13-9/h9H,3-8H2,1-2H3. The van der Waals surface area contributed by atoms with E-state index in [-0.39, 0.29) is 12.0 Å². The molecule has 0 aromatic heterocycles. The van der Waals surface area contributed by atoms with Gasteiger partial charge in [-0.25, -0.2) is 0 Å². The third kappa shape index (κ3) is 2.99. The SMILES string of the molecule is CCC(=O)N(CC)CC1CCCO1. The molecule has 0 saturated carbocycles. The van der Waals surface area contributed by atoms with Crippen molar-refractivity contribution in [2.24, 2.45) is 0 Å². The summed E-state index contributed by atoms with van der Waals surface area (Å²) >= 11 is 0. The highest BCUT2D eigenvalue weighted by molar-refractivity contribution is 5.75. The Morgan fingerprint density at radius 2 is 2.31 bits per heavy atom. The molecule has 13 heavy (non-hydrogen) atoms. The Balaban J connectivity index is 2.33. The quantitative estimate of drug-likeness (QED) is 0.663. The normalized spacial score (nSPS) is 21.8. The highest BCUT2D eigenvalue weighted by Crippen LogP contribution is 2.13. The van der Waals surface area contributed by atoms with Gasteiger partial charge in [0.2, 0.25) is 5.91 Å². The molecule has 1 heterocycles. The summed E-state index contributed by atoms with van der Waals surface area (Å²) in [7, 11) is 0. The first kappa shape index (κ1) is 10.5. The first-order chi connectivity index (χ1) is 6.27. The van der Waals surface area contributed by atoms with Crippen molar-refractivity contribution < 1.29 is 9.53 Å². The van der Waals surface area contributed by atoms with Crippen molar-refractivity contribution in [2.45, 2.75) is 39.2 Å². The summed E-state index contributed by atoms with van der Waals surface area (Å²) in [6, 6.07) is 0. The largest absolute Gasteiger partial charge is 0.376 e. The highest BCUT2D eigenvalue weighted by Gasteiger charge is 2.20. The Bertz CT molecular complexity index is 164. The zero-order valence-electron chi connectivity index (χ0n) is 8.58. The van der Waals surface area contributed by atoms with Crippen LogP contribution in [0.3, 0.4) is 0 Å². The molecule has 1 saturated heterocycles. The van der Waals surface area contributed by atoms with Gasteiger partial charge < -0.3 is 9.64 Å². The van der Waals surface area contributed by atoms with Crippen LogP contribution in [0.25, 0.3) is 0 Å². The van der Waals surface area contributed by atoms with Crippen LogP contribution in [0.5, 0.6) is 0 Å². The molecule has 3 heteroatoms. The lowest BCUT2D eigenvalue weighted by Crippen LogP contribution is -2.36. The molecular formula is C10H19NO2. The topological polar surface area (TPSA) is 29.5 Å². The molecule has 0 radical (unpaired) electrons. The average Bonchev–Trinajstić information content (AvgIpc) is 2.65. The minimum Gasteiger partial charge on any atom is -0.376 e. The van der Waals surface area contributed by atoms with E-state index >= 15 is 0 Å². The van der Waals surface area contributed by atoms with Gasteiger partial charge in [-0.1, -0.05) is 6.92 Å². The number of nitrogens with zero attached hydrogens (tertiary/aromatic N) is 1. The predicted octanol–water partition coefficient (Wildman–Crippen LogP) is 1.42. The van der Waals surface area contributed by atoms with Crippen molar-refractivity contribution in [1.29, 1.82) is 0 Å². The number of ether oxygens (including phenoxy) is 1. The third-order valence-corrected chi connectivity index (χ3v) is 2.48. The highest BCUT2D eigenvalue weighted by atomic mass is 16.5. The van der Waals surface area contributed by atoms with Crippen LogP contribution in [-0.2, 0) is 9.53 Å². The first-order valence-corrected chi connectivity index (χ1v) is 5.17. The van der Waals surface area contributed by atoms with E-state index in [1.54, 1.807) is 0 Å². The summed E-state index contributed by atoms with van der Waals surface area (Å²) < 4.78 is 5.49. The second-order valence-electron chi connectivity index (χ2n) is 3.42. The van der Waals surface area contributed by atoms with E-state index in [4.69, 9.17) is 4.74 Å². The molecular weight excluding hydrogens is 166 g/mol. The monoisotopic (exact) mass is 185 g/mol. The van der Waals surface area contributed by atoms with E-state index in [0.717, 1.165) is 32.5 Å². The van der Waals surface area contributed by atoms with Crippen LogP contribution in [0.15, 0.2) is 0 Å². The minimum absolute atomic E-state index is 0.234. The molecule has 1 unspecified atom stereocenters. The van der Waals surface area contributed by atoms with E-state index in [1.807, 2.05) is 18.7 Å². The van der Waals surface area contributed by atoms with Crippen molar-refractivity contribution in [3.05, 3.63) is 0 Å². The van der Waals surface area contributed by atoms with Crippen molar-refractivity contribution in [3.63, 3.8) is 0 Å². The van der Waals surface area contributed by atoms with Crippen LogP contribution in [0.2, 0.25) is 0 Å². The second-order valence-corrected chi connectivity index (χ2v) is 3.42. The molecule has 0 aliphatic carbocycles. The van der Waals surface area contributed by atoms with E-state index in [9.17, 15) is 4.79 Å². The molecule has 0 aromatic carbocycles. The van der Waals surface area contributed by atoms with Gasteiger partial charge in [0.05, 0.1) is 6.10 Å². The summed E-state index contributed by atoms with van der Waals surface area (Å²) in [5.41, 5.74) is 0. The molecule has 1 fully saturated rings. The van der Waals surface area contributed by atoms with Crippen LogP contribution in [0.1, 0.15) is 33.1 Å². The average molecular weight is 185 g/mol. The molecule has 0 aromatic rings. The van der Waals surface area contributed by atoms with E-state index < -0.39 is 0 Å². The molecule has 76 valence electrons. The maximum atomic E-state index is 11.4. The molecule has 3 nitrogen and oxygen atoms in total. The number of hydrogen-bond donors (Lipinski definition) is 0. The lowest BCUT2D eigenvalue weighted by atomic mass is 10.2. The third-order valence-electron chi connectivity index (χ3n) is 2.48. The van der Waals surface area contributed by atoms with Crippen molar-refractivity contribution in [3.8, 4) is 0 Å². The number of hydrogen-bond acceptors (Lipinski definition) is 2. The second kappa shape index (κ2) is 5.22. The fraction of sp³-hybridized carbons (Fsp3) is 0.900.